The average molecular weight is 280 g/mol. The van der Waals surface area contributed by atoms with E-state index < -0.39 is 5.91 Å². The molecule has 0 saturated carbocycles. The molecule has 0 fully saturated rings. The van der Waals surface area contributed by atoms with Gasteiger partial charge in [-0.25, -0.2) is 0 Å². The zero-order valence-corrected chi connectivity index (χ0v) is 11.7. The van der Waals surface area contributed by atoms with E-state index >= 15 is 0 Å². The summed E-state index contributed by atoms with van der Waals surface area (Å²) in [5.74, 6) is 0.452. The van der Waals surface area contributed by atoms with E-state index in [1.54, 1.807) is 13.2 Å². The van der Waals surface area contributed by atoms with Crippen LogP contribution in [-0.2, 0) is 6.54 Å². The van der Waals surface area contributed by atoms with Crippen LogP contribution in [0.1, 0.15) is 15.9 Å². The first-order valence-electron chi connectivity index (χ1n) is 6.69. The monoisotopic (exact) mass is 280 g/mol. The molecule has 0 aliphatic carbocycles. The second-order valence-corrected chi connectivity index (χ2v) is 4.90. The first kappa shape index (κ1) is 13.2. The predicted octanol–water partition coefficient (Wildman–Crippen LogP) is 2.80. The van der Waals surface area contributed by atoms with Gasteiger partial charge in [0.2, 0.25) is 5.91 Å². The number of carbonyl (C=O) groups is 1. The number of nitrogens with two attached hydrogens (primary N) is 1. The Bertz CT molecular complexity index is 805. The lowest BCUT2D eigenvalue weighted by Gasteiger charge is -2.08. The lowest BCUT2D eigenvalue weighted by atomic mass is 10.1. The molecule has 0 aliphatic heterocycles. The van der Waals surface area contributed by atoms with Gasteiger partial charge in [-0.2, -0.15) is 0 Å². The van der Waals surface area contributed by atoms with Crippen LogP contribution in [0.3, 0.4) is 0 Å². The molecule has 0 aliphatic rings. The highest BCUT2D eigenvalue weighted by molar-refractivity contribution is 5.93. The number of methoxy groups -OCH3 is 1. The molecule has 1 amide bonds. The summed E-state index contributed by atoms with van der Waals surface area (Å²) in [6.45, 7) is 0.678. The Labute approximate surface area is 122 Å². The first-order valence-corrected chi connectivity index (χ1v) is 6.69. The maximum Gasteiger partial charge on any atom is 0.248 e. The Balaban J connectivity index is 1.99. The van der Waals surface area contributed by atoms with Crippen molar-refractivity contribution in [1.29, 1.82) is 0 Å². The van der Waals surface area contributed by atoms with E-state index in [2.05, 4.69) is 10.6 Å². The van der Waals surface area contributed by atoms with Crippen LogP contribution in [0, 0.1) is 0 Å². The smallest absolute Gasteiger partial charge is 0.248 e. The third-order valence-electron chi connectivity index (χ3n) is 3.56. The van der Waals surface area contributed by atoms with Crippen LogP contribution in [0.25, 0.3) is 10.9 Å². The largest absolute Gasteiger partial charge is 0.496 e. The van der Waals surface area contributed by atoms with Crippen LogP contribution in [-0.4, -0.2) is 17.6 Å². The maximum absolute atomic E-state index is 11.3. The number of nitrogens with zero attached hydrogens (tertiary/aromatic N) is 1. The molecule has 106 valence electrons. The highest BCUT2D eigenvalue weighted by atomic mass is 16.5. The predicted molar refractivity (Wildman–Crippen MR) is 82.6 cm³/mol. The molecule has 0 bridgehead atoms. The minimum Gasteiger partial charge on any atom is -0.496 e. The fraction of sp³-hybridized carbons (Fsp3) is 0.118. The average Bonchev–Trinajstić information content (AvgIpc) is 2.90. The summed E-state index contributed by atoms with van der Waals surface area (Å²) >= 11 is 0. The number of hydrogen-bond acceptors (Lipinski definition) is 2. The molecule has 2 N–H and O–H groups in total. The molecule has 2 aromatic carbocycles. The van der Waals surface area contributed by atoms with E-state index in [4.69, 9.17) is 10.5 Å². The van der Waals surface area contributed by atoms with Crippen molar-refractivity contribution in [2.45, 2.75) is 6.54 Å². The van der Waals surface area contributed by atoms with Crippen LogP contribution in [0.15, 0.2) is 54.7 Å². The van der Waals surface area contributed by atoms with Gasteiger partial charge in [-0.1, -0.05) is 18.2 Å². The summed E-state index contributed by atoms with van der Waals surface area (Å²) in [6, 6.07) is 15.4. The molecule has 0 radical (unpaired) electrons. The molecule has 1 heterocycles. The van der Waals surface area contributed by atoms with Gasteiger partial charge < -0.3 is 15.0 Å². The number of carbonyl (C=O) groups excluding carboxylic acids is 1. The van der Waals surface area contributed by atoms with E-state index in [9.17, 15) is 4.79 Å². The third kappa shape index (κ3) is 2.48. The van der Waals surface area contributed by atoms with Crippen molar-refractivity contribution in [1.82, 2.24) is 4.57 Å². The lowest BCUT2D eigenvalue weighted by molar-refractivity contribution is 0.1000. The molecular formula is C17H16N2O2. The number of fused-ring (bicyclic) bond motifs is 1. The van der Waals surface area contributed by atoms with Crippen LogP contribution in [0.2, 0.25) is 0 Å². The molecule has 0 spiro atoms. The number of hydrogen-bond donors (Lipinski definition) is 1. The van der Waals surface area contributed by atoms with Gasteiger partial charge in [0.1, 0.15) is 5.75 Å². The summed E-state index contributed by atoms with van der Waals surface area (Å²) in [6.07, 6.45) is 2.02. The van der Waals surface area contributed by atoms with Crippen molar-refractivity contribution in [2.75, 3.05) is 7.11 Å². The Morgan fingerprint density at radius 1 is 1.19 bits per heavy atom. The fourth-order valence-electron chi connectivity index (χ4n) is 2.53. The number of ether oxygens (including phenoxy) is 1. The van der Waals surface area contributed by atoms with Crippen molar-refractivity contribution in [3.63, 3.8) is 0 Å². The van der Waals surface area contributed by atoms with E-state index in [1.807, 2.05) is 42.6 Å². The van der Waals surface area contributed by atoms with E-state index in [0.717, 1.165) is 22.2 Å². The quantitative estimate of drug-likeness (QED) is 0.799. The first-order chi connectivity index (χ1) is 10.2. The van der Waals surface area contributed by atoms with Gasteiger partial charge in [0.05, 0.1) is 12.6 Å². The van der Waals surface area contributed by atoms with Crippen molar-refractivity contribution < 1.29 is 9.53 Å². The topological polar surface area (TPSA) is 57.2 Å². The van der Waals surface area contributed by atoms with Crippen LogP contribution >= 0.6 is 0 Å². The second kappa shape index (κ2) is 5.32. The molecule has 4 nitrogen and oxygen atoms in total. The highest BCUT2D eigenvalue weighted by Gasteiger charge is 2.07. The Kier molecular flexibility index (Phi) is 3.36. The molecule has 4 heteroatoms. The maximum atomic E-state index is 11.3. The van der Waals surface area contributed by atoms with Crippen LogP contribution in [0.5, 0.6) is 5.75 Å². The van der Waals surface area contributed by atoms with E-state index in [0.29, 0.717) is 12.1 Å². The van der Waals surface area contributed by atoms with E-state index in [1.165, 1.54) is 0 Å². The number of rotatable bonds is 4. The van der Waals surface area contributed by atoms with Gasteiger partial charge in [0.15, 0.2) is 0 Å². The van der Waals surface area contributed by atoms with Gasteiger partial charge >= 0.3 is 0 Å². The number of primary amides is 1. The van der Waals surface area contributed by atoms with Crippen molar-refractivity contribution in [3.05, 3.63) is 65.9 Å². The van der Waals surface area contributed by atoms with Crippen molar-refractivity contribution in [2.24, 2.45) is 5.73 Å². The Hall–Kier alpha value is -2.75. The second-order valence-electron chi connectivity index (χ2n) is 4.90. The molecule has 3 rings (SSSR count). The zero-order chi connectivity index (χ0) is 14.8. The minimum absolute atomic E-state index is 0.407. The summed E-state index contributed by atoms with van der Waals surface area (Å²) < 4.78 is 7.49. The summed E-state index contributed by atoms with van der Waals surface area (Å²) in [4.78, 5) is 11.3. The van der Waals surface area contributed by atoms with Gasteiger partial charge in [-0.15, -0.1) is 0 Å². The summed E-state index contributed by atoms with van der Waals surface area (Å²) in [7, 11) is 1.67. The summed E-state index contributed by atoms with van der Waals surface area (Å²) in [5.41, 5.74) is 7.98. The van der Waals surface area contributed by atoms with Crippen LogP contribution in [0.4, 0.5) is 0 Å². The molecular weight excluding hydrogens is 264 g/mol. The Morgan fingerprint density at radius 2 is 2.00 bits per heavy atom. The lowest BCUT2D eigenvalue weighted by Crippen LogP contribution is -2.11. The van der Waals surface area contributed by atoms with E-state index in [-0.39, 0.29) is 0 Å². The standard InChI is InChI=1S/C17H16N2O2/c1-21-16-7-3-6-15-14(16)8-9-19(15)11-12-4-2-5-13(10-12)17(18)20/h2-10H,11H2,1H3,(H2,18,20). The van der Waals surface area contributed by atoms with Crippen molar-refractivity contribution in [3.8, 4) is 5.75 Å². The number of amides is 1. The molecule has 21 heavy (non-hydrogen) atoms. The highest BCUT2D eigenvalue weighted by Crippen LogP contribution is 2.26. The molecule has 0 unspecified atom stereocenters. The molecule has 0 atom stereocenters. The van der Waals surface area contributed by atoms with Gasteiger partial charge in [-0.3, -0.25) is 4.79 Å². The van der Waals surface area contributed by atoms with Gasteiger partial charge in [0.25, 0.3) is 0 Å². The van der Waals surface area contributed by atoms with Gasteiger partial charge in [0, 0.05) is 23.7 Å². The molecule has 0 saturated heterocycles. The van der Waals surface area contributed by atoms with Crippen LogP contribution < -0.4 is 10.5 Å². The number of aromatic nitrogens is 1. The third-order valence-corrected chi connectivity index (χ3v) is 3.56. The minimum atomic E-state index is -0.407. The Morgan fingerprint density at radius 3 is 2.76 bits per heavy atom. The summed E-state index contributed by atoms with van der Waals surface area (Å²) in [5, 5.41) is 1.08. The SMILES string of the molecule is COc1cccc2c1ccn2Cc1cccc(C(N)=O)c1. The normalized spacial score (nSPS) is 10.7. The zero-order valence-electron chi connectivity index (χ0n) is 11.7. The number of benzene rings is 2. The fourth-order valence-corrected chi connectivity index (χ4v) is 2.53. The van der Waals surface area contributed by atoms with Gasteiger partial charge in [-0.05, 0) is 35.9 Å². The molecule has 1 aromatic heterocycles. The van der Waals surface area contributed by atoms with Crippen molar-refractivity contribution >= 4 is 16.8 Å². The molecule has 3 aromatic rings.